The van der Waals surface area contributed by atoms with Crippen LogP contribution in [0.1, 0.15) is 30.3 Å². The van der Waals surface area contributed by atoms with Crippen molar-refractivity contribution in [3.8, 4) is 0 Å². The van der Waals surface area contributed by atoms with E-state index in [1.165, 1.54) is 31.1 Å². The first-order chi connectivity index (χ1) is 12.0. The topological polar surface area (TPSA) is 65.5 Å². The number of rotatable bonds is 3. The van der Waals surface area contributed by atoms with Gasteiger partial charge in [0, 0.05) is 42.8 Å². The van der Waals surface area contributed by atoms with Crippen LogP contribution in [0.3, 0.4) is 0 Å². The van der Waals surface area contributed by atoms with Crippen LogP contribution >= 0.6 is 11.3 Å². The maximum Gasteiger partial charge on any atom is 0.270 e. The van der Waals surface area contributed by atoms with Crippen LogP contribution in [-0.2, 0) is 4.79 Å². The summed E-state index contributed by atoms with van der Waals surface area (Å²) in [7, 11) is 1.75. The molecule has 3 aliphatic rings. The summed E-state index contributed by atoms with van der Waals surface area (Å²) in [5, 5.41) is 4.99. The molecule has 3 aliphatic heterocycles. The standard InChI is InChI=1S/C18H22N4O2S/c1-11(23)21(2)17-7-13-9-19-14(8-16(13)25-17)18(24)20-15-10-22-5-3-12(15)4-6-22/h7-9,12,15H,3-6,10H2,1-2H3,(H,20,24)/t15-/m0/s1. The molecule has 2 bridgehead atoms. The highest BCUT2D eigenvalue weighted by atomic mass is 32.1. The van der Waals surface area contributed by atoms with E-state index in [1.54, 1.807) is 18.1 Å². The number of carbonyl (C=O) groups excluding carboxylic acids is 2. The fraction of sp³-hybridized carbons (Fsp3) is 0.500. The zero-order valence-electron chi connectivity index (χ0n) is 14.5. The quantitative estimate of drug-likeness (QED) is 0.913. The summed E-state index contributed by atoms with van der Waals surface area (Å²) >= 11 is 1.50. The van der Waals surface area contributed by atoms with Gasteiger partial charge in [0.2, 0.25) is 5.91 Å². The van der Waals surface area contributed by atoms with Crippen LogP contribution in [0.2, 0.25) is 0 Å². The summed E-state index contributed by atoms with van der Waals surface area (Å²) < 4.78 is 0.970. The minimum absolute atomic E-state index is 0.0140. The number of carbonyl (C=O) groups is 2. The molecule has 132 valence electrons. The molecule has 5 rings (SSSR count). The van der Waals surface area contributed by atoms with Crippen molar-refractivity contribution in [3.63, 3.8) is 0 Å². The Balaban J connectivity index is 1.52. The third-order valence-corrected chi connectivity index (χ3v) is 6.57. The van der Waals surface area contributed by atoms with Gasteiger partial charge in [0.25, 0.3) is 5.91 Å². The number of aromatic nitrogens is 1. The Morgan fingerprint density at radius 2 is 2.08 bits per heavy atom. The van der Waals surface area contributed by atoms with Crippen LogP contribution in [-0.4, -0.2) is 54.4 Å². The molecular weight excluding hydrogens is 336 g/mol. The molecule has 3 fully saturated rings. The number of nitrogens with one attached hydrogen (secondary N) is 1. The number of hydrogen-bond acceptors (Lipinski definition) is 5. The molecule has 2 aromatic heterocycles. The summed E-state index contributed by atoms with van der Waals surface area (Å²) in [5.74, 6) is 0.477. The molecule has 0 saturated carbocycles. The Hall–Kier alpha value is -1.99. The number of piperidine rings is 3. The minimum atomic E-state index is -0.101. The second kappa shape index (κ2) is 6.38. The molecule has 0 aliphatic carbocycles. The molecule has 1 atom stereocenters. The number of hydrogen-bond donors (Lipinski definition) is 1. The normalized spacial score (nSPS) is 25.1. The molecular formula is C18H22N4O2S. The van der Waals surface area contributed by atoms with Gasteiger partial charge in [-0.2, -0.15) is 0 Å². The van der Waals surface area contributed by atoms with E-state index in [1.807, 2.05) is 12.1 Å². The lowest BCUT2D eigenvalue weighted by molar-refractivity contribution is -0.116. The molecule has 0 unspecified atom stereocenters. The van der Waals surface area contributed by atoms with E-state index >= 15 is 0 Å². The third-order valence-electron chi connectivity index (χ3n) is 5.40. The smallest absolute Gasteiger partial charge is 0.270 e. The Labute approximate surface area is 150 Å². The summed E-state index contributed by atoms with van der Waals surface area (Å²) in [6.45, 7) is 4.80. The second-order valence-electron chi connectivity index (χ2n) is 6.99. The highest BCUT2D eigenvalue weighted by molar-refractivity contribution is 7.23. The first-order valence-corrected chi connectivity index (χ1v) is 9.50. The van der Waals surface area contributed by atoms with Crippen molar-refractivity contribution in [1.29, 1.82) is 0 Å². The van der Waals surface area contributed by atoms with Crippen LogP contribution in [0.15, 0.2) is 18.3 Å². The van der Waals surface area contributed by atoms with E-state index in [2.05, 4.69) is 15.2 Å². The van der Waals surface area contributed by atoms with Crippen molar-refractivity contribution in [1.82, 2.24) is 15.2 Å². The third kappa shape index (κ3) is 3.14. The van der Waals surface area contributed by atoms with Crippen LogP contribution in [0.4, 0.5) is 5.00 Å². The number of pyridine rings is 1. The number of thiophene rings is 1. The summed E-state index contributed by atoms with van der Waals surface area (Å²) in [4.78, 5) is 32.5. The predicted octanol–water partition coefficient (Wildman–Crippen LogP) is 2.10. The molecule has 0 spiro atoms. The molecule has 5 heterocycles. The lowest BCUT2D eigenvalue weighted by atomic mass is 9.84. The van der Waals surface area contributed by atoms with Crippen molar-refractivity contribution in [2.45, 2.75) is 25.8 Å². The second-order valence-corrected chi connectivity index (χ2v) is 8.05. The summed E-state index contributed by atoms with van der Waals surface area (Å²) in [6, 6.07) is 3.99. The van der Waals surface area contributed by atoms with Gasteiger partial charge in [0.15, 0.2) is 0 Å². The van der Waals surface area contributed by atoms with E-state index in [9.17, 15) is 9.59 Å². The molecule has 6 nitrogen and oxygen atoms in total. The van der Waals surface area contributed by atoms with Crippen molar-refractivity contribution in [2.75, 3.05) is 31.6 Å². The predicted molar refractivity (Wildman–Crippen MR) is 99.1 cm³/mol. The monoisotopic (exact) mass is 358 g/mol. The Morgan fingerprint density at radius 1 is 1.32 bits per heavy atom. The van der Waals surface area contributed by atoms with Crippen molar-refractivity contribution in [3.05, 3.63) is 24.0 Å². The molecule has 0 radical (unpaired) electrons. The fourth-order valence-corrected chi connectivity index (χ4v) is 4.81. The maximum atomic E-state index is 12.6. The van der Waals surface area contributed by atoms with Gasteiger partial charge in [-0.25, -0.2) is 0 Å². The molecule has 2 aromatic rings. The van der Waals surface area contributed by atoms with Crippen LogP contribution in [0.5, 0.6) is 0 Å². The zero-order chi connectivity index (χ0) is 17.6. The lowest BCUT2D eigenvalue weighted by Gasteiger charge is -2.44. The highest BCUT2D eigenvalue weighted by Crippen LogP contribution is 2.32. The molecule has 7 heteroatoms. The van der Waals surface area contributed by atoms with E-state index in [4.69, 9.17) is 0 Å². The van der Waals surface area contributed by atoms with E-state index in [0.29, 0.717) is 11.6 Å². The fourth-order valence-electron chi connectivity index (χ4n) is 3.73. The lowest BCUT2D eigenvalue weighted by Crippen LogP contribution is -2.57. The minimum Gasteiger partial charge on any atom is -0.346 e. The van der Waals surface area contributed by atoms with Gasteiger partial charge >= 0.3 is 0 Å². The van der Waals surface area contributed by atoms with Gasteiger partial charge in [-0.05, 0) is 44.0 Å². The number of anilines is 1. The van der Waals surface area contributed by atoms with Crippen LogP contribution < -0.4 is 10.2 Å². The summed E-state index contributed by atoms with van der Waals surface area (Å²) in [6.07, 6.45) is 4.06. The van der Waals surface area contributed by atoms with Gasteiger partial charge in [0.1, 0.15) is 5.69 Å². The average Bonchev–Trinajstić information content (AvgIpc) is 3.05. The van der Waals surface area contributed by atoms with Crippen molar-refractivity contribution >= 4 is 38.2 Å². The number of nitrogens with zero attached hydrogens (tertiary/aromatic N) is 3. The van der Waals surface area contributed by atoms with E-state index in [0.717, 1.165) is 34.7 Å². The SMILES string of the molecule is CC(=O)N(C)c1cc2cnc(C(=O)N[C@H]3CN4CCC3CC4)cc2s1. The molecule has 1 N–H and O–H groups in total. The van der Waals surface area contributed by atoms with E-state index < -0.39 is 0 Å². The number of amides is 2. The molecule has 2 amide bonds. The van der Waals surface area contributed by atoms with Crippen molar-refractivity contribution < 1.29 is 9.59 Å². The molecule has 0 aromatic carbocycles. The van der Waals surface area contributed by atoms with Crippen LogP contribution in [0, 0.1) is 5.92 Å². The largest absolute Gasteiger partial charge is 0.346 e. The Bertz CT molecular complexity index is 826. The Morgan fingerprint density at radius 3 is 2.72 bits per heavy atom. The molecule has 3 saturated heterocycles. The van der Waals surface area contributed by atoms with E-state index in [-0.39, 0.29) is 17.9 Å². The summed E-state index contributed by atoms with van der Waals surface area (Å²) in [5.41, 5.74) is 0.447. The Kier molecular flexibility index (Phi) is 4.21. The first kappa shape index (κ1) is 16.5. The first-order valence-electron chi connectivity index (χ1n) is 8.68. The van der Waals surface area contributed by atoms with Crippen molar-refractivity contribution in [2.24, 2.45) is 5.92 Å². The zero-order valence-corrected chi connectivity index (χ0v) is 15.3. The number of fused-ring (bicyclic) bond motifs is 4. The van der Waals surface area contributed by atoms with Gasteiger partial charge in [-0.15, -0.1) is 11.3 Å². The molecule has 25 heavy (non-hydrogen) atoms. The van der Waals surface area contributed by atoms with Gasteiger partial charge in [0.05, 0.1) is 5.00 Å². The van der Waals surface area contributed by atoms with Gasteiger partial charge in [-0.3, -0.25) is 14.6 Å². The maximum absolute atomic E-state index is 12.6. The average molecular weight is 358 g/mol. The van der Waals surface area contributed by atoms with Crippen LogP contribution in [0.25, 0.3) is 10.1 Å². The van der Waals surface area contributed by atoms with Gasteiger partial charge in [-0.1, -0.05) is 0 Å². The van der Waals surface area contributed by atoms with Gasteiger partial charge < -0.3 is 15.1 Å². The highest BCUT2D eigenvalue weighted by Gasteiger charge is 2.35.